The van der Waals surface area contributed by atoms with Gasteiger partial charge in [0.2, 0.25) is 0 Å². The van der Waals surface area contributed by atoms with Crippen LogP contribution in [-0.2, 0) is 6.42 Å². The van der Waals surface area contributed by atoms with Crippen LogP contribution in [0.1, 0.15) is 12.5 Å². The Morgan fingerprint density at radius 2 is 2.08 bits per heavy atom. The number of likely N-dealkylation sites (N-methyl/N-ethyl adjacent to an activating group) is 1. The second kappa shape index (κ2) is 6.93. The van der Waals surface area contributed by atoms with E-state index in [1.807, 2.05) is 36.4 Å². The van der Waals surface area contributed by atoms with Gasteiger partial charge in [-0.2, -0.15) is 0 Å². The number of aliphatic hydroxyl groups is 1. The average Bonchev–Trinajstić information content (AvgIpc) is 3.08. The van der Waals surface area contributed by atoms with Crippen LogP contribution < -0.4 is 10.1 Å². The molecule has 1 atom stereocenters. The van der Waals surface area contributed by atoms with E-state index in [9.17, 15) is 4.79 Å². The predicted octanol–water partition coefficient (Wildman–Crippen LogP) is 3.13. The van der Waals surface area contributed by atoms with Gasteiger partial charge < -0.3 is 20.1 Å². The molecule has 1 unspecified atom stereocenters. The standard InChI is InChI=1S/C19H22N2O3/c1-13(12-22)21(2)19(23)20-17-5-3-4-14(11-17)15-6-7-18-16(10-15)8-9-24-18/h3-7,10-11,13,22H,8-9,12H2,1-2H3,(H,20,23). The number of carbonyl (C=O) groups excluding carboxylic acids is 1. The molecule has 0 aromatic heterocycles. The smallest absolute Gasteiger partial charge is 0.321 e. The zero-order valence-corrected chi connectivity index (χ0v) is 14.0. The van der Waals surface area contributed by atoms with Gasteiger partial charge in [0.15, 0.2) is 0 Å². The molecule has 1 aliphatic rings. The molecule has 0 bridgehead atoms. The van der Waals surface area contributed by atoms with E-state index < -0.39 is 0 Å². The summed E-state index contributed by atoms with van der Waals surface area (Å²) >= 11 is 0. The van der Waals surface area contributed by atoms with Gasteiger partial charge in [-0.15, -0.1) is 0 Å². The number of nitrogens with one attached hydrogen (secondary N) is 1. The number of ether oxygens (including phenoxy) is 1. The summed E-state index contributed by atoms with van der Waals surface area (Å²) < 4.78 is 5.54. The van der Waals surface area contributed by atoms with Gasteiger partial charge in [-0.3, -0.25) is 0 Å². The second-order valence-corrected chi connectivity index (χ2v) is 6.07. The number of rotatable bonds is 4. The van der Waals surface area contributed by atoms with Crippen molar-refractivity contribution < 1.29 is 14.6 Å². The third-order valence-corrected chi connectivity index (χ3v) is 4.38. The van der Waals surface area contributed by atoms with Crippen molar-refractivity contribution in [1.29, 1.82) is 0 Å². The third kappa shape index (κ3) is 3.36. The van der Waals surface area contributed by atoms with Crippen LogP contribution in [0, 0.1) is 0 Å². The minimum atomic E-state index is -0.240. The van der Waals surface area contributed by atoms with E-state index in [0.29, 0.717) is 0 Å². The molecule has 0 saturated carbocycles. The lowest BCUT2D eigenvalue weighted by Gasteiger charge is -2.23. The predicted molar refractivity (Wildman–Crippen MR) is 94.4 cm³/mol. The van der Waals surface area contributed by atoms with Crippen LogP contribution in [-0.4, -0.2) is 42.3 Å². The topological polar surface area (TPSA) is 61.8 Å². The number of carbonyl (C=O) groups is 1. The number of urea groups is 1. The van der Waals surface area contributed by atoms with Gasteiger partial charge in [-0.25, -0.2) is 4.79 Å². The van der Waals surface area contributed by atoms with E-state index in [1.165, 1.54) is 10.5 Å². The average molecular weight is 326 g/mol. The van der Waals surface area contributed by atoms with Crippen LogP contribution in [0.4, 0.5) is 10.5 Å². The molecule has 0 saturated heterocycles. The fourth-order valence-electron chi connectivity index (χ4n) is 2.68. The van der Waals surface area contributed by atoms with E-state index >= 15 is 0 Å². The van der Waals surface area contributed by atoms with Gasteiger partial charge in [0, 0.05) is 19.2 Å². The van der Waals surface area contributed by atoms with E-state index in [1.54, 1.807) is 14.0 Å². The molecule has 2 aromatic rings. The van der Waals surface area contributed by atoms with Gasteiger partial charge in [-0.1, -0.05) is 18.2 Å². The fourth-order valence-corrected chi connectivity index (χ4v) is 2.68. The Morgan fingerprint density at radius 3 is 2.88 bits per heavy atom. The van der Waals surface area contributed by atoms with Gasteiger partial charge in [0.1, 0.15) is 5.75 Å². The number of hydrogen-bond acceptors (Lipinski definition) is 3. The number of aliphatic hydroxyl groups excluding tert-OH is 1. The molecular formula is C19H22N2O3. The molecule has 5 nitrogen and oxygen atoms in total. The molecule has 0 radical (unpaired) electrons. The van der Waals surface area contributed by atoms with E-state index in [2.05, 4.69) is 11.4 Å². The highest BCUT2D eigenvalue weighted by Crippen LogP contribution is 2.31. The maximum Gasteiger partial charge on any atom is 0.321 e. The summed E-state index contributed by atoms with van der Waals surface area (Å²) in [7, 11) is 1.67. The van der Waals surface area contributed by atoms with Crippen molar-refractivity contribution in [1.82, 2.24) is 4.90 Å². The van der Waals surface area contributed by atoms with Crippen LogP contribution >= 0.6 is 0 Å². The fraction of sp³-hybridized carbons (Fsp3) is 0.316. The van der Waals surface area contributed by atoms with Crippen LogP contribution in [0.2, 0.25) is 0 Å². The lowest BCUT2D eigenvalue weighted by Crippen LogP contribution is -2.40. The highest BCUT2D eigenvalue weighted by atomic mass is 16.5. The molecule has 5 heteroatoms. The maximum absolute atomic E-state index is 12.2. The summed E-state index contributed by atoms with van der Waals surface area (Å²) in [4.78, 5) is 13.7. The Kier molecular flexibility index (Phi) is 4.71. The first-order valence-corrected chi connectivity index (χ1v) is 8.09. The Labute approximate surface area is 141 Å². The first kappa shape index (κ1) is 16.3. The molecule has 1 aliphatic heterocycles. The highest BCUT2D eigenvalue weighted by molar-refractivity contribution is 5.90. The Balaban J connectivity index is 1.78. The molecule has 24 heavy (non-hydrogen) atoms. The van der Waals surface area contributed by atoms with Crippen LogP contribution in [0.5, 0.6) is 5.75 Å². The Bertz CT molecular complexity index is 745. The molecule has 2 N–H and O–H groups in total. The van der Waals surface area contributed by atoms with Crippen molar-refractivity contribution in [2.45, 2.75) is 19.4 Å². The number of fused-ring (bicyclic) bond motifs is 1. The number of benzene rings is 2. The molecule has 2 aromatic carbocycles. The van der Waals surface area contributed by atoms with Crippen molar-refractivity contribution in [3.8, 4) is 16.9 Å². The molecule has 0 fully saturated rings. The van der Waals surface area contributed by atoms with Crippen LogP contribution in [0.3, 0.4) is 0 Å². The van der Waals surface area contributed by atoms with Crippen molar-refractivity contribution in [2.75, 3.05) is 25.6 Å². The minimum Gasteiger partial charge on any atom is -0.493 e. The summed E-state index contributed by atoms with van der Waals surface area (Å²) in [5.41, 5.74) is 4.09. The quantitative estimate of drug-likeness (QED) is 0.907. The largest absolute Gasteiger partial charge is 0.493 e. The number of anilines is 1. The maximum atomic E-state index is 12.2. The molecule has 1 heterocycles. The van der Waals surface area contributed by atoms with Crippen LogP contribution in [0.25, 0.3) is 11.1 Å². The van der Waals surface area contributed by atoms with E-state index in [0.717, 1.165) is 35.6 Å². The van der Waals surface area contributed by atoms with Gasteiger partial charge in [0.05, 0.1) is 19.3 Å². The third-order valence-electron chi connectivity index (χ3n) is 4.38. The van der Waals surface area contributed by atoms with Crippen molar-refractivity contribution in [2.24, 2.45) is 0 Å². The van der Waals surface area contributed by atoms with Crippen molar-refractivity contribution in [3.63, 3.8) is 0 Å². The highest BCUT2D eigenvalue weighted by Gasteiger charge is 2.16. The summed E-state index contributed by atoms with van der Waals surface area (Å²) in [6.07, 6.45) is 0.934. The number of amides is 2. The summed E-state index contributed by atoms with van der Waals surface area (Å²) in [5, 5.41) is 12.0. The van der Waals surface area contributed by atoms with Gasteiger partial charge in [-0.05, 0) is 47.9 Å². The minimum absolute atomic E-state index is 0.0683. The molecule has 3 rings (SSSR count). The molecule has 0 aliphatic carbocycles. The van der Waals surface area contributed by atoms with Crippen LogP contribution in [0.15, 0.2) is 42.5 Å². The molecular weight excluding hydrogens is 304 g/mol. The molecule has 2 amide bonds. The summed E-state index contributed by atoms with van der Waals surface area (Å²) in [5.74, 6) is 0.961. The van der Waals surface area contributed by atoms with Crippen molar-refractivity contribution in [3.05, 3.63) is 48.0 Å². The Hall–Kier alpha value is -2.53. The van der Waals surface area contributed by atoms with E-state index in [4.69, 9.17) is 9.84 Å². The molecule has 0 spiro atoms. The normalized spacial score (nSPS) is 13.8. The van der Waals surface area contributed by atoms with Gasteiger partial charge in [0.25, 0.3) is 0 Å². The zero-order chi connectivity index (χ0) is 17.1. The number of hydrogen-bond donors (Lipinski definition) is 2. The first-order valence-electron chi connectivity index (χ1n) is 8.09. The summed E-state index contributed by atoms with van der Waals surface area (Å²) in [6, 6.07) is 13.5. The SMILES string of the molecule is CC(CO)N(C)C(=O)Nc1cccc(-c2ccc3c(c2)CCO3)c1. The van der Waals surface area contributed by atoms with Gasteiger partial charge >= 0.3 is 6.03 Å². The van der Waals surface area contributed by atoms with Crippen molar-refractivity contribution >= 4 is 11.7 Å². The van der Waals surface area contributed by atoms with E-state index in [-0.39, 0.29) is 18.7 Å². The monoisotopic (exact) mass is 326 g/mol. The number of nitrogens with zero attached hydrogens (tertiary/aromatic N) is 1. The summed E-state index contributed by atoms with van der Waals surface area (Å²) in [6.45, 7) is 2.47. The molecule has 126 valence electrons. The second-order valence-electron chi connectivity index (χ2n) is 6.07. The zero-order valence-electron chi connectivity index (χ0n) is 14.0. The Morgan fingerprint density at radius 1 is 1.29 bits per heavy atom. The first-order chi connectivity index (χ1) is 11.6. The lowest BCUT2D eigenvalue weighted by atomic mass is 10.0. The lowest BCUT2D eigenvalue weighted by molar-refractivity contribution is 0.166.